The van der Waals surface area contributed by atoms with E-state index in [1.807, 2.05) is 0 Å². The van der Waals surface area contributed by atoms with E-state index in [1.54, 1.807) is 6.07 Å². The van der Waals surface area contributed by atoms with Crippen molar-refractivity contribution in [1.29, 1.82) is 0 Å². The smallest absolute Gasteiger partial charge is 0.229 e. The number of ether oxygens (including phenoxy) is 3. The Kier molecular flexibility index (Phi) is 7.06. The van der Waals surface area contributed by atoms with Gasteiger partial charge < -0.3 is 55.1 Å². The van der Waals surface area contributed by atoms with Crippen LogP contribution in [-0.2, 0) is 9.47 Å². The van der Waals surface area contributed by atoms with Crippen LogP contribution in [0.25, 0.3) is 0 Å². The molecule has 1 aromatic carbocycles. The summed E-state index contributed by atoms with van der Waals surface area (Å²) in [6.45, 7) is -1.17. The van der Waals surface area contributed by atoms with Crippen LogP contribution in [0.1, 0.15) is 11.7 Å². The molecule has 0 saturated carbocycles. The molecule has 8 N–H and O–H groups in total. The maximum atomic E-state index is 10.2. The molecule has 0 aromatic heterocycles. The van der Waals surface area contributed by atoms with Crippen molar-refractivity contribution in [1.82, 2.24) is 0 Å². The number of hydrogen-bond donors (Lipinski definition) is 8. The first kappa shape index (κ1) is 22.3. The zero-order chi connectivity index (χ0) is 21.3. The first-order chi connectivity index (χ1) is 13.8. The fourth-order valence-corrected chi connectivity index (χ4v) is 3.44. The maximum Gasteiger partial charge on any atom is 0.229 e. The average molecular weight is 418 g/mol. The summed E-state index contributed by atoms with van der Waals surface area (Å²) in [5, 5.41) is 78.4. The van der Waals surface area contributed by atoms with Gasteiger partial charge in [0.05, 0.1) is 13.2 Å². The predicted molar refractivity (Wildman–Crippen MR) is 93.6 cm³/mol. The summed E-state index contributed by atoms with van der Waals surface area (Å²) in [5.41, 5.74) is 0.351. The molecule has 0 spiro atoms. The second kappa shape index (κ2) is 9.18. The van der Waals surface area contributed by atoms with Gasteiger partial charge in [0.25, 0.3) is 0 Å². The number of benzene rings is 1. The standard InChI is InChI=1S/C18H26O11/c19-5-9-11(21)13(23)15(25)17(28-9)7-2-1-3-8(4-7)27-18-16(26)14(24)12(22)10(6-20)29-18/h1-4,9-26H,5-6H2/t9?,10?,11-,12-,13?,14?,15?,16?,17-,18+/m1/s1. The summed E-state index contributed by atoms with van der Waals surface area (Å²) >= 11 is 0. The van der Waals surface area contributed by atoms with Gasteiger partial charge in [-0.25, -0.2) is 0 Å². The molecule has 164 valence electrons. The minimum Gasteiger partial charge on any atom is -0.462 e. The third kappa shape index (κ3) is 4.39. The summed E-state index contributed by atoms with van der Waals surface area (Å²) in [7, 11) is 0. The molecule has 11 nitrogen and oxygen atoms in total. The number of aliphatic hydroxyl groups excluding tert-OH is 8. The van der Waals surface area contributed by atoms with Gasteiger partial charge in [0.2, 0.25) is 6.29 Å². The molecular formula is C18H26O11. The minimum atomic E-state index is -1.60. The third-order valence-electron chi connectivity index (χ3n) is 5.18. The van der Waals surface area contributed by atoms with Crippen LogP contribution in [0.3, 0.4) is 0 Å². The third-order valence-corrected chi connectivity index (χ3v) is 5.18. The van der Waals surface area contributed by atoms with Crippen LogP contribution >= 0.6 is 0 Å². The first-order valence-corrected chi connectivity index (χ1v) is 9.16. The molecule has 2 aliphatic heterocycles. The normalized spacial score (nSPS) is 43.2. The van der Waals surface area contributed by atoms with Crippen molar-refractivity contribution in [2.75, 3.05) is 13.2 Å². The Morgan fingerprint density at radius 1 is 0.724 bits per heavy atom. The van der Waals surface area contributed by atoms with Crippen LogP contribution < -0.4 is 4.74 Å². The van der Waals surface area contributed by atoms with E-state index in [9.17, 15) is 40.9 Å². The van der Waals surface area contributed by atoms with Gasteiger partial charge in [0, 0.05) is 0 Å². The molecule has 2 saturated heterocycles. The second-order valence-electron chi connectivity index (χ2n) is 7.14. The maximum absolute atomic E-state index is 10.2. The molecular weight excluding hydrogens is 392 g/mol. The molecule has 0 aliphatic carbocycles. The van der Waals surface area contributed by atoms with Crippen molar-refractivity contribution >= 4 is 0 Å². The van der Waals surface area contributed by atoms with Crippen molar-refractivity contribution in [3.63, 3.8) is 0 Å². The number of aliphatic hydroxyl groups is 8. The van der Waals surface area contributed by atoms with Gasteiger partial charge in [0.15, 0.2) is 0 Å². The molecule has 6 unspecified atom stereocenters. The van der Waals surface area contributed by atoms with E-state index >= 15 is 0 Å². The summed E-state index contributed by atoms with van der Waals surface area (Å²) < 4.78 is 16.3. The predicted octanol–water partition coefficient (Wildman–Crippen LogP) is -3.62. The Labute approximate surface area is 165 Å². The van der Waals surface area contributed by atoms with Crippen molar-refractivity contribution in [3.05, 3.63) is 29.8 Å². The van der Waals surface area contributed by atoms with Crippen LogP contribution in [0, 0.1) is 0 Å². The molecule has 29 heavy (non-hydrogen) atoms. The fraction of sp³-hybridized carbons (Fsp3) is 0.667. The Morgan fingerprint density at radius 3 is 1.93 bits per heavy atom. The molecule has 10 atom stereocenters. The van der Waals surface area contributed by atoms with Crippen molar-refractivity contribution < 1.29 is 55.1 Å². The van der Waals surface area contributed by atoms with E-state index in [2.05, 4.69) is 0 Å². The van der Waals surface area contributed by atoms with Crippen LogP contribution in [-0.4, -0.2) is 109 Å². The van der Waals surface area contributed by atoms with Crippen molar-refractivity contribution in [3.8, 4) is 5.75 Å². The Balaban J connectivity index is 1.77. The molecule has 0 bridgehead atoms. The summed E-state index contributed by atoms with van der Waals surface area (Å²) in [6, 6.07) is 6.02. The Hall–Kier alpha value is -1.38. The van der Waals surface area contributed by atoms with Crippen LogP contribution in [0.2, 0.25) is 0 Å². The van der Waals surface area contributed by atoms with Gasteiger partial charge in [-0.15, -0.1) is 0 Å². The molecule has 0 radical (unpaired) electrons. The lowest BCUT2D eigenvalue weighted by Crippen LogP contribution is -2.60. The highest BCUT2D eigenvalue weighted by Gasteiger charge is 2.46. The van der Waals surface area contributed by atoms with E-state index in [-0.39, 0.29) is 5.75 Å². The molecule has 0 amide bonds. The van der Waals surface area contributed by atoms with Gasteiger partial charge >= 0.3 is 0 Å². The molecule has 2 heterocycles. The Bertz CT molecular complexity index is 669. The van der Waals surface area contributed by atoms with E-state index in [0.29, 0.717) is 5.56 Å². The highest BCUT2D eigenvalue weighted by atomic mass is 16.7. The van der Waals surface area contributed by atoms with Crippen molar-refractivity contribution in [2.24, 2.45) is 0 Å². The largest absolute Gasteiger partial charge is 0.462 e. The molecule has 1 aromatic rings. The van der Waals surface area contributed by atoms with Crippen LogP contribution in [0.4, 0.5) is 0 Å². The highest BCUT2D eigenvalue weighted by molar-refractivity contribution is 5.31. The zero-order valence-electron chi connectivity index (χ0n) is 15.3. The number of rotatable bonds is 5. The lowest BCUT2D eigenvalue weighted by atomic mass is 9.91. The van der Waals surface area contributed by atoms with E-state index < -0.39 is 74.4 Å². The lowest BCUT2D eigenvalue weighted by molar-refractivity contribution is -0.277. The SMILES string of the molecule is OCC1O[C@H](Oc2cccc([C@H]3OC(CO)[C@@H](O)C(O)C3O)c2)C(O)C(O)[C@@H]1O. The van der Waals surface area contributed by atoms with E-state index in [1.165, 1.54) is 18.2 Å². The lowest BCUT2D eigenvalue weighted by Gasteiger charge is -2.40. The van der Waals surface area contributed by atoms with Gasteiger partial charge in [-0.3, -0.25) is 0 Å². The molecule has 3 rings (SSSR count). The van der Waals surface area contributed by atoms with Gasteiger partial charge in [-0.1, -0.05) is 12.1 Å². The fourth-order valence-electron chi connectivity index (χ4n) is 3.44. The van der Waals surface area contributed by atoms with Gasteiger partial charge in [-0.05, 0) is 17.7 Å². The average Bonchev–Trinajstić information content (AvgIpc) is 2.73. The zero-order valence-corrected chi connectivity index (χ0v) is 15.3. The molecule has 11 heteroatoms. The van der Waals surface area contributed by atoms with Crippen molar-refractivity contribution in [2.45, 2.75) is 61.2 Å². The van der Waals surface area contributed by atoms with E-state index in [0.717, 1.165) is 0 Å². The van der Waals surface area contributed by atoms with Gasteiger partial charge in [0.1, 0.15) is 60.7 Å². The summed E-state index contributed by atoms with van der Waals surface area (Å²) in [5.74, 6) is 0.142. The van der Waals surface area contributed by atoms with Crippen LogP contribution in [0.5, 0.6) is 5.75 Å². The quantitative estimate of drug-likeness (QED) is 0.236. The van der Waals surface area contributed by atoms with E-state index in [4.69, 9.17) is 14.2 Å². The first-order valence-electron chi connectivity index (χ1n) is 9.16. The molecule has 2 aliphatic rings. The minimum absolute atomic E-state index is 0.142. The molecule has 2 fully saturated rings. The summed E-state index contributed by atoms with van der Waals surface area (Å²) in [4.78, 5) is 0. The van der Waals surface area contributed by atoms with Gasteiger partial charge in [-0.2, -0.15) is 0 Å². The Morgan fingerprint density at radius 2 is 1.31 bits per heavy atom. The number of hydrogen-bond acceptors (Lipinski definition) is 11. The topological polar surface area (TPSA) is 190 Å². The second-order valence-corrected chi connectivity index (χ2v) is 7.14. The van der Waals surface area contributed by atoms with Crippen LogP contribution in [0.15, 0.2) is 24.3 Å². The highest BCUT2D eigenvalue weighted by Crippen LogP contribution is 2.34. The monoisotopic (exact) mass is 418 g/mol. The summed E-state index contributed by atoms with van der Waals surface area (Å²) in [6.07, 6.45) is -13.9.